The third kappa shape index (κ3) is 3.20. The van der Waals surface area contributed by atoms with Crippen LogP contribution in [0.2, 0.25) is 0 Å². The molecule has 1 amide bonds. The molecule has 0 aliphatic carbocycles. The average Bonchev–Trinajstić information content (AvgIpc) is 2.58. The Bertz CT molecular complexity index is 202. The van der Waals surface area contributed by atoms with E-state index in [0.29, 0.717) is 11.8 Å². The van der Waals surface area contributed by atoms with Crippen molar-refractivity contribution < 1.29 is 4.79 Å². The van der Waals surface area contributed by atoms with Gasteiger partial charge in [-0.25, -0.2) is 0 Å². The molecule has 0 aromatic carbocycles. The third-order valence-electron chi connectivity index (χ3n) is 3.38. The third-order valence-corrected chi connectivity index (χ3v) is 3.38. The highest BCUT2D eigenvalue weighted by atomic mass is 16.2. The van der Waals surface area contributed by atoms with Crippen molar-refractivity contribution >= 4 is 5.91 Å². The van der Waals surface area contributed by atoms with Gasteiger partial charge in [0.2, 0.25) is 5.91 Å². The van der Waals surface area contributed by atoms with E-state index in [9.17, 15) is 4.79 Å². The summed E-state index contributed by atoms with van der Waals surface area (Å²) in [6.07, 6.45) is 3.32. The lowest BCUT2D eigenvalue weighted by Gasteiger charge is -2.22. The van der Waals surface area contributed by atoms with Gasteiger partial charge in [-0.3, -0.25) is 4.79 Å². The predicted molar refractivity (Wildman–Crippen MR) is 62.7 cm³/mol. The van der Waals surface area contributed by atoms with Crippen LogP contribution in [0.5, 0.6) is 0 Å². The molecule has 1 aliphatic heterocycles. The first-order chi connectivity index (χ1) is 7.22. The molecule has 1 saturated heterocycles. The van der Waals surface area contributed by atoms with Crippen molar-refractivity contribution in [1.29, 1.82) is 0 Å². The second kappa shape index (κ2) is 6.11. The summed E-state index contributed by atoms with van der Waals surface area (Å²) in [6.45, 7) is 9.24. The van der Waals surface area contributed by atoms with E-state index < -0.39 is 0 Å². The van der Waals surface area contributed by atoms with Gasteiger partial charge in [-0.2, -0.15) is 0 Å². The molecule has 1 heterocycles. The van der Waals surface area contributed by atoms with E-state index in [2.05, 4.69) is 26.1 Å². The second-order valence-electron chi connectivity index (χ2n) is 4.37. The van der Waals surface area contributed by atoms with Gasteiger partial charge in [-0.15, -0.1) is 0 Å². The molecule has 0 bridgehead atoms. The minimum Gasteiger partial charge on any atom is -0.341 e. The fraction of sp³-hybridized carbons (Fsp3) is 0.917. The summed E-state index contributed by atoms with van der Waals surface area (Å²) in [5.41, 5.74) is 0. The molecule has 0 aromatic rings. The van der Waals surface area contributed by atoms with Gasteiger partial charge in [-0.05, 0) is 18.9 Å². The minimum atomic E-state index is 0.0874. The molecule has 1 rings (SSSR count). The maximum Gasteiger partial charge on any atom is 0.239 e. The first-order valence-corrected chi connectivity index (χ1v) is 6.25. The molecule has 1 fully saturated rings. The zero-order chi connectivity index (χ0) is 11.3. The summed E-state index contributed by atoms with van der Waals surface area (Å²) in [7, 11) is 0. The Morgan fingerprint density at radius 3 is 2.60 bits per heavy atom. The van der Waals surface area contributed by atoms with Gasteiger partial charge >= 0.3 is 0 Å². The van der Waals surface area contributed by atoms with Crippen LogP contribution in [0.25, 0.3) is 0 Å². The normalized spacial score (nSPS) is 21.7. The van der Waals surface area contributed by atoms with Gasteiger partial charge in [0.05, 0.1) is 6.04 Å². The minimum absolute atomic E-state index is 0.0874. The Kier molecular flexibility index (Phi) is 5.09. The highest BCUT2D eigenvalue weighted by Crippen LogP contribution is 2.16. The molecule has 0 radical (unpaired) electrons. The molecule has 0 aromatic heterocycles. The number of nitrogens with zero attached hydrogens (tertiary/aromatic N) is 1. The van der Waals surface area contributed by atoms with Gasteiger partial charge in [0.15, 0.2) is 0 Å². The first-order valence-electron chi connectivity index (χ1n) is 6.25. The van der Waals surface area contributed by atoms with E-state index in [0.717, 1.165) is 26.1 Å². The van der Waals surface area contributed by atoms with Crippen LogP contribution >= 0.6 is 0 Å². The van der Waals surface area contributed by atoms with E-state index in [1.807, 2.05) is 4.90 Å². The zero-order valence-electron chi connectivity index (χ0n) is 10.3. The molecular formula is C12H24N2O. The van der Waals surface area contributed by atoms with Crippen LogP contribution in [0, 0.1) is 5.92 Å². The Morgan fingerprint density at radius 1 is 1.40 bits per heavy atom. The number of rotatable bonds is 6. The summed E-state index contributed by atoms with van der Waals surface area (Å²) in [4.78, 5) is 14.0. The zero-order valence-corrected chi connectivity index (χ0v) is 10.3. The molecule has 15 heavy (non-hydrogen) atoms. The number of nitrogens with one attached hydrogen (secondary N) is 1. The summed E-state index contributed by atoms with van der Waals surface area (Å²) < 4.78 is 0. The Balaban J connectivity index is 2.41. The smallest absolute Gasteiger partial charge is 0.239 e. The van der Waals surface area contributed by atoms with Crippen molar-refractivity contribution in [3.05, 3.63) is 0 Å². The number of amides is 1. The van der Waals surface area contributed by atoms with Crippen LogP contribution in [0.3, 0.4) is 0 Å². The molecule has 3 heteroatoms. The summed E-state index contributed by atoms with van der Waals surface area (Å²) in [5, 5.41) is 3.24. The number of likely N-dealkylation sites (N-methyl/N-ethyl adjacent to an activating group) is 1. The molecule has 1 aliphatic rings. The lowest BCUT2D eigenvalue weighted by molar-refractivity contribution is -0.130. The quantitative estimate of drug-likeness (QED) is 0.726. The van der Waals surface area contributed by atoms with E-state index in [1.54, 1.807) is 0 Å². The van der Waals surface area contributed by atoms with Gasteiger partial charge < -0.3 is 10.2 Å². The lowest BCUT2D eigenvalue weighted by atomic mass is 10.0. The number of carbonyl (C=O) groups is 1. The molecular weight excluding hydrogens is 188 g/mol. The van der Waals surface area contributed by atoms with E-state index in [4.69, 9.17) is 0 Å². The number of hydrogen-bond donors (Lipinski definition) is 1. The highest BCUT2D eigenvalue weighted by Gasteiger charge is 2.31. The first kappa shape index (κ1) is 12.5. The van der Waals surface area contributed by atoms with Crippen LogP contribution in [-0.2, 0) is 4.79 Å². The molecule has 0 saturated carbocycles. The largest absolute Gasteiger partial charge is 0.341 e. The highest BCUT2D eigenvalue weighted by molar-refractivity contribution is 5.83. The topological polar surface area (TPSA) is 32.3 Å². The van der Waals surface area contributed by atoms with Crippen molar-refractivity contribution in [2.24, 2.45) is 5.92 Å². The van der Waals surface area contributed by atoms with Crippen LogP contribution in [0.4, 0.5) is 0 Å². The SMILES string of the molecule is CCNC1CCN(CC(CC)CC)C1=O. The monoisotopic (exact) mass is 212 g/mol. The van der Waals surface area contributed by atoms with E-state index in [-0.39, 0.29) is 6.04 Å². The predicted octanol–water partition coefficient (Wildman–Crippen LogP) is 1.63. The lowest BCUT2D eigenvalue weighted by Crippen LogP contribution is -2.39. The average molecular weight is 212 g/mol. The summed E-state index contributed by atoms with van der Waals surface area (Å²) in [5.74, 6) is 0.984. The van der Waals surface area contributed by atoms with Gasteiger partial charge in [0.1, 0.15) is 0 Å². The number of likely N-dealkylation sites (tertiary alicyclic amines) is 1. The Hall–Kier alpha value is -0.570. The fourth-order valence-electron chi connectivity index (χ4n) is 2.21. The van der Waals surface area contributed by atoms with Crippen LogP contribution < -0.4 is 5.32 Å². The van der Waals surface area contributed by atoms with E-state index in [1.165, 1.54) is 12.8 Å². The van der Waals surface area contributed by atoms with E-state index >= 15 is 0 Å². The second-order valence-corrected chi connectivity index (χ2v) is 4.37. The molecule has 3 nitrogen and oxygen atoms in total. The van der Waals surface area contributed by atoms with Gasteiger partial charge in [0, 0.05) is 13.1 Å². The molecule has 1 unspecified atom stereocenters. The molecule has 1 N–H and O–H groups in total. The number of hydrogen-bond acceptors (Lipinski definition) is 2. The van der Waals surface area contributed by atoms with Crippen molar-refractivity contribution in [1.82, 2.24) is 10.2 Å². The maximum absolute atomic E-state index is 11.9. The van der Waals surface area contributed by atoms with Crippen LogP contribution in [0.15, 0.2) is 0 Å². The Labute approximate surface area is 93.2 Å². The van der Waals surface area contributed by atoms with Crippen LogP contribution in [0.1, 0.15) is 40.0 Å². The van der Waals surface area contributed by atoms with Crippen molar-refractivity contribution in [2.75, 3.05) is 19.6 Å². The van der Waals surface area contributed by atoms with Crippen molar-refractivity contribution in [3.63, 3.8) is 0 Å². The maximum atomic E-state index is 11.9. The molecule has 88 valence electrons. The standard InChI is InChI=1S/C12H24N2O/c1-4-10(5-2)9-14-8-7-11(12(14)15)13-6-3/h10-11,13H,4-9H2,1-3H3. The van der Waals surface area contributed by atoms with Gasteiger partial charge in [0.25, 0.3) is 0 Å². The van der Waals surface area contributed by atoms with Crippen molar-refractivity contribution in [2.45, 2.75) is 46.1 Å². The summed E-state index contributed by atoms with van der Waals surface area (Å²) in [6, 6.07) is 0.0874. The van der Waals surface area contributed by atoms with Gasteiger partial charge in [-0.1, -0.05) is 33.6 Å². The fourth-order valence-corrected chi connectivity index (χ4v) is 2.21. The Morgan fingerprint density at radius 2 is 2.07 bits per heavy atom. The number of carbonyl (C=O) groups excluding carboxylic acids is 1. The summed E-state index contributed by atoms with van der Waals surface area (Å²) >= 11 is 0. The molecule has 0 spiro atoms. The van der Waals surface area contributed by atoms with Crippen molar-refractivity contribution in [3.8, 4) is 0 Å². The van der Waals surface area contributed by atoms with Crippen LogP contribution in [-0.4, -0.2) is 36.5 Å². The molecule has 1 atom stereocenters.